The first kappa shape index (κ1) is 22.4. The fourth-order valence-corrected chi connectivity index (χ4v) is 4.13. The number of methoxy groups -OCH3 is 1. The van der Waals surface area contributed by atoms with Crippen molar-refractivity contribution >= 4 is 27.8 Å². The maximum absolute atomic E-state index is 13.4. The molecule has 0 unspecified atom stereocenters. The lowest BCUT2D eigenvalue weighted by Crippen LogP contribution is -2.27. The number of halogens is 1. The van der Waals surface area contributed by atoms with Crippen molar-refractivity contribution in [1.82, 2.24) is 5.32 Å². The van der Waals surface area contributed by atoms with Crippen LogP contribution < -0.4 is 15.7 Å². The van der Waals surface area contributed by atoms with E-state index < -0.39 is 5.63 Å². The zero-order valence-corrected chi connectivity index (χ0v) is 19.2. The molecule has 0 saturated heterocycles. The maximum Gasteiger partial charge on any atom is 0.340 e. The fraction of sp³-hybridized carbons (Fsp3) is 0.143. The van der Waals surface area contributed by atoms with E-state index in [0.29, 0.717) is 34.2 Å². The Labute approximate surface area is 199 Å². The second kappa shape index (κ2) is 9.10. The van der Waals surface area contributed by atoms with Crippen molar-refractivity contribution < 1.29 is 22.8 Å². The number of carbonyl (C=O) groups excluding carboxylic acids is 1. The Morgan fingerprint density at radius 2 is 1.74 bits per heavy atom. The smallest absolute Gasteiger partial charge is 0.340 e. The molecule has 0 radical (unpaired) electrons. The molecule has 0 spiro atoms. The number of carbonyl (C=O) groups is 1. The molecule has 0 aliphatic rings. The van der Waals surface area contributed by atoms with Gasteiger partial charge >= 0.3 is 5.63 Å². The summed E-state index contributed by atoms with van der Waals surface area (Å²) in [7, 11) is 1.59. The number of amides is 1. The van der Waals surface area contributed by atoms with Gasteiger partial charge in [-0.3, -0.25) is 4.79 Å². The summed E-state index contributed by atoms with van der Waals surface area (Å²) in [5.41, 5.74) is 3.85. The van der Waals surface area contributed by atoms with Crippen LogP contribution in [0.25, 0.3) is 33.1 Å². The molecule has 2 aromatic heterocycles. The van der Waals surface area contributed by atoms with Crippen LogP contribution >= 0.6 is 0 Å². The van der Waals surface area contributed by atoms with E-state index >= 15 is 0 Å². The second-order valence-electron chi connectivity index (χ2n) is 8.30. The Kier molecular flexibility index (Phi) is 5.82. The molecule has 0 bridgehead atoms. The molecular formula is C28H22FNO5. The van der Waals surface area contributed by atoms with Gasteiger partial charge < -0.3 is 18.9 Å². The zero-order chi connectivity index (χ0) is 24.5. The van der Waals surface area contributed by atoms with Crippen molar-refractivity contribution in [3.8, 4) is 16.9 Å². The summed E-state index contributed by atoms with van der Waals surface area (Å²) in [5.74, 6) is 0.130. The molecule has 6 nitrogen and oxygen atoms in total. The van der Waals surface area contributed by atoms with Gasteiger partial charge in [-0.2, -0.15) is 0 Å². The largest absolute Gasteiger partial charge is 0.497 e. The van der Waals surface area contributed by atoms with Crippen molar-refractivity contribution in [2.75, 3.05) is 7.11 Å². The molecule has 0 aliphatic carbocycles. The summed E-state index contributed by atoms with van der Waals surface area (Å²) in [5, 5.41) is 4.35. The first-order valence-corrected chi connectivity index (χ1v) is 11.1. The lowest BCUT2D eigenvalue weighted by atomic mass is 9.99. The van der Waals surface area contributed by atoms with E-state index in [1.165, 1.54) is 12.1 Å². The third-order valence-corrected chi connectivity index (χ3v) is 6.12. The number of hydrogen-bond acceptors (Lipinski definition) is 5. The lowest BCUT2D eigenvalue weighted by molar-refractivity contribution is -0.120. The quantitative estimate of drug-likeness (QED) is 0.330. The van der Waals surface area contributed by atoms with Crippen LogP contribution in [0.15, 0.2) is 80.6 Å². The summed E-state index contributed by atoms with van der Waals surface area (Å²) in [4.78, 5) is 25.3. The van der Waals surface area contributed by atoms with Gasteiger partial charge in [0.1, 0.15) is 22.7 Å². The highest BCUT2D eigenvalue weighted by Crippen LogP contribution is 2.34. The molecule has 0 saturated carbocycles. The van der Waals surface area contributed by atoms with Crippen molar-refractivity contribution in [1.29, 1.82) is 0 Å². The summed E-state index contributed by atoms with van der Waals surface area (Å²) in [6.07, 6.45) is 1.49. The summed E-state index contributed by atoms with van der Waals surface area (Å²) >= 11 is 0. The number of rotatable bonds is 6. The van der Waals surface area contributed by atoms with Crippen LogP contribution in [0.5, 0.6) is 5.75 Å². The number of furan rings is 1. The third kappa shape index (κ3) is 4.40. The second-order valence-corrected chi connectivity index (χ2v) is 8.30. The normalized spacial score (nSPS) is 11.2. The monoisotopic (exact) mass is 471 g/mol. The Morgan fingerprint density at radius 3 is 2.46 bits per heavy atom. The number of aryl methyl sites for hydroxylation is 1. The lowest BCUT2D eigenvalue weighted by Gasteiger charge is -2.09. The molecule has 1 amide bonds. The number of fused-ring (bicyclic) bond motifs is 2. The van der Waals surface area contributed by atoms with Crippen LogP contribution in [-0.4, -0.2) is 13.0 Å². The van der Waals surface area contributed by atoms with Gasteiger partial charge in [-0.1, -0.05) is 24.3 Å². The van der Waals surface area contributed by atoms with Gasteiger partial charge in [0.05, 0.1) is 25.4 Å². The van der Waals surface area contributed by atoms with E-state index in [1.807, 2.05) is 30.3 Å². The summed E-state index contributed by atoms with van der Waals surface area (Å²) in [6.45, 7) is 2.13. The van der Waals surface area contributed by atoms with Crippen LogP contribution in [0.2, 0.25) is 0 Å². The zero-order valence-electron chi connectivity index (χ0n) is 19.2. The molecule has 35 heavy (non-hydrogen) atoms. The molecule has 176 valence electrons. The van der Waals surface area contributed by atoms with E-state index in [-0.39, 0.29) is 18.1 Å². The van der Waals surface area contributed by atoms with Crippen LogP contribution in [0.3, 0.4) is 0 Å². The van der Waals surface area contributed by atoms with Crippen LogP contribution in [0, 0.1) is 12.7 Å². The first-order chi connectivity index (χ1) is 16.9. The highest BCUT2D eigenvalue weighted by Gasteiger charge is 2.18. The number of ether oxygens (including phenoxy) is 1. The minimum Gasteiger partial charge on any atom is -0.497 e. The van der Waals surface area contributed by atoms with Gasteiger partial charge in [-0.15, -0.1) is 0 Å². The van der Waals surface area contributed by atoms with Gasteiger partial charge in [-0.25, -0.2) is 9.18 Å². The Morgan fingerprint density at radius 1 is 1.00 bits per heavy atom. The van der Waals surface area contributed by atoms with Gasteiger partial charge in [0, 0.05) is 28.9 Å². The fourth-order valence-electron chi connectivity index (χ4n) is 4.13. The van der Waals surface area contributed by atoms with E-state index in [2.05, 4.69) is 5.32 Å². The molecule has 2 heterocycles. The third-order valence-electron chi connectivity index (χ3n) is 6.12. The van der Waals surface area contributed by atoms with Gasteiger partial charge in [-0.05, 0) is 53.9 Å². The Hall–Kier alpha value is -4.39. The van der Waals surface area contributed by atoms with Crippen LogP contribution in [0.4, 0.5) is 4.39 Å². The van der Waals surface area contributed by atoms with Crippen molar-refractivity contribution in [2.24, 2.45) is 0 Å². The van der Waals surface area contributed by atoms with E-state index in [9.17, 15) is 14.0 Å². The molecule has 7 heteroatoms. The molecule has 0 atom stereocenters. The van der Waals surface area contributed by atoms with Crippen LogP contribution in [-0.2, 0) is 17.8 Å². The molecule has 5 aromatic rings. The van der Waals surface area contributed by atoms with E-state index in [1.54, 1.807) is 38.5 Å². The van der Waals surface area contributed by atoms with E-state index in [4.69, 9.17) is 13.6 Å². The molecule has 0 aliphatic heterocycles. The number of benzene rings is 3. The van der Waals surface area contributed by atoms with Crippen LogP contribution in [0.1, 0.15) is 16.7 Å². The average molecular weight is 471 g/mol. The van der Waals surface area contributed by atoms with Crippen molar-refractivity contribution in [2.45, 2.75) is 19.9 Å². The van der Waals surface area contributed by atoms with Gasteiger partial charge in [0.2, 0.25) is 5.91 Å². The van der Waals surface area contributed by atoms with Crippen molar-refractivity contribution in [3.63, 3.8) is 0 Å². The molecule has 0 fully saturated rings. The highest BCUT2D eigenvalue weighted by atomic mass is 19.1. The minimum atomic E-state index is -0.556. The molecule has 5 rings (SSSR count). The molecular weight excluding hydrogens is 449 g/mol. The predicted octanol–water partition coefficient (Wildman–Crippen LogP) is 5.52. The first-order valence-electron chi connectivity index (χ1n) is 11.1. The molecule has 3 aromatic carbocycles. The standard InChI is InChI=1S/C28H22FNO5/c1-16-21-11-23-24(18-5-7-19(29)8-6-18)15-34-25(23)13-26(21)35-28(32)22(16)12-27(31)30-14-17-3-9-20(33-2)10-4-17/h3-11,13,15H,12,14H2,1-2H3,(H,30,31). The number of hydrogen-bond donors (Lipinski definition) is 1. The van der Waals surface area contributed by atoms with Gasteiger partial charge in [0.15, 0.2) is 0 Å². The SMILES string of the molecule is COc1ccc(CNC(=O)Cc2c(C)c3cc4c(-c5ccc(F)cc5)coc4cc3oc2=O)cc1. The Bertz CT molecular complexity index is 1600. The van der Waals surface area contributed by atoms with Gasteiger partial charge in [0.25, 0.3) is 0 Å². The maximum atomic E-state index is 13.4. The highest BCUT2D eigenvalue weighted by molar-refractivity contribution is 6.02. The molecule has 1 N–H and O–H groups in total. The summed E-state index contributed by atoms with van der Waals surface area (Å²) < 4.78 is 29.7. The number of nitrogens with one attached hydrogen (secondary N) is 1. The topological polar surface area (TPSA) is 81.7 Å². The van der Waals surface area contributed by atoms with E-state index in [0.717, 1.165) is 27.8 Å². The minimum absolute atomic E-state index is 0.103. The predicted molar refractivity (Wildman–Crippen MR) is 131 cm³/mol. The summed E-state index contributed by atoms with van der Waals surface area (Å²) in [6, 6.07) is 17.1. The van der Waals surface area contributed by atoms with Crippen molar-refractivity contribution in [3.05, 3.63) is 99.9 Å². The average Bonchev–Trinajstić information content (AvgIpc) is 3.28. The Balaban J connectivity index is 1.44.